The Labute approximate surface area is 196 Å². The Hall–Kier alpha value is -3.07. The highest BCUT2D eigenvalue weighted by molar-refractivity contribution is 7.22. The second kappa shape index (κ2) is 7.81. The third kappa shape index (κ3) is 3.31. The number of aromatic nitrogens is 2. The molecule has 1 N–H and O–H groups in total. The third-order valence-electron chi connectivity index (χ3n) is 5.22. The van der Waals surface area contributed by atoms with Gasteiger partial charge in [0.25, 0.3) is 5.91 Å². The van der Waals surface area contributed by atoms with Crippen LogP contribution in [0.4, 0.5) is 5.13 Å². The number of ketones is 1. The van der Waals surface area contributed by atoms with E-state index in [4.69, 9.17) is 11.6 Å². The molecule has 2 aromatic heterocycles. The van der Waals surface area contributed by atoms with Crippen LogP contribution >= 0.6 is 34.3 Å². The van der Waals surface area contributed by atoms with E-state index < -0.39 is 23.5 Å². The quantitative estimate of drug-likeness (QED) is 0.372. The number of rotatable bonds is 4. The maximum Gasteiger partial charge on any atom is 0.296 e. The van der Waals surface area contributed by atoms with Crippen LogP contribution in [-0.2, 0) is 4.79 Å². The summed E-state index contributed by atoms with van der Waals surface area (Å²) < 4.78 is 0.806. The third-order valence-corrected chi connectivity index (χ3v) is 7.55. The molecule has 1 amide bonds. The number of anilines is 1. The lowest BCUT2D eigenvalue weighted by molar-refractivity contribution is -0.117. The van der Waals surface area contributed by atoms with Gasteiger partial charge in [0.15, 0.2) is 10.9 Å². The predicted molar refractivity (Wildman–Crippen MR) is 127 cm³/mol. The first kappa shape index (κ1) is 20.8. The first-order valence-corrected chi connectivity index (χ1v) is 11.7. The van der Waals surface area contributed by atoms with E-state index in [-0.39, 0.29) is 5.57 Å². The Bertz CT molecular complexity index is 1430. The van der Waals surface area contributed by atoms with Crippen LogP contribution in [0.2, 0.25) is 5.02 Å². The van der Waals surface area contributed by atoms with Crippen LogP contribution < -0.4 is 4.90 Å². The van der Waals surface area contributed by atoms with E-state index in [1.54, 1.807) is 25.1 Å². The van der Waals surface area contributed by atoms with Crippen molar-refractivity contribution in [3.63, 3.8) is 0 Å². The summed E-state index contributed by atoms with van der Waals surface area (Å²) in [7, 11) is 0. The summed E-state index contributed by atoms with van der Waals surface area (Å²) in [5, 5.41) is 12.6. The molecule has 0 aliphatic carbocycles. The van der Waals surface area contributed by atoms with Gasteiger partial charge in [-0.3, -0.25) is 14.5 Å². The van der Waals surface area contributed by atoms with Crippen molar-refractivity contribution < 1.29 is 14.7 Å². The fraction of sp³-hybridized carbons (Fsp3) is 0.130. The van der Waals surface area contributed by atoms with E-state index in [9.17, 15) is 14.7 Å². The Morgan fingerprint density at radius 2 is 1.84 bits per heavy atom. The second-order valence-corrected chi connectivity index (χ2v) is 9.98. The standard InChI is InChI=1S/C23H16ClN3O3S2/c1-11-21(31-12(2)25-11)19(28)17-18(13-6-4-3-5-7-13)27(22(30)20(17)29)23-26-15-9-8-14(24)10-16(15)32-23/h3-10,18,29H,1-2H3. The molecule has 160 valence electrons. The number of aliphatic hydroxyl groups is 1. The largest absolute Gasteiger partial charge is 0.503 e. The zero-order chi connectivity index (χ0) is 22.6. The molecule has 0 radical (unpaired) electrons. The highest BCUT2D eigenvalue weighted by atomic mass is 35.5. The molecule has 0 spiro atoms. The first-order valence-electron chi connectivity index (χ1n) is 9.71. The maximum atomic E-state index is 13.6. The van der Waals surface area contributed by atoms with Crippen molar-refractivity contribution in [2.75, 3.05) is 4.90 Å². The van der Waals surface area contributed by atoms with Crippen molar-refractivity contribution in [3.05, 3.63) is 86.0 Å². The number of aliphatic hydroxyl groups excluding tert-OH is 1. The van der Waals surface area contributed by atoms with Gasteiger partial charge in [-0.25, -0.2) is 9.97 Å². The van der Waals surface area contributed by atoms with Gasteiger partial charge in [-0.2, -0.15) is 0 Å². The van der Waals surface area contributed by atoms with Gasteiger partial charge in [0.05, 0.1) is 37.4 Å². The van der Waals surface area contributed by atoms with E-state index >= 15 is 0 Å². The summed E-state index contributed by atoms with van der Waals surface area (Å²) in [5.74, 6) is -1.63. The van der Waals surface area contributed by atoms with Crippen LogP contribution in [-0.4, -0.2) is 26.8 Å². The summed E-state index contributed by atoms with van der Waals surface area (Å²) >= 11 is 8.64. The number of benzene rings is 2. The van der Waals surface area contributed by atoms with Crippen LogP contribution in [0.15, 0.2) is 59.9 Å². The lowest BCUT2D eigenvalue weighted by Crippen LogP contribution is -2.30. The number of halogens is 1. The van der Waals surface area contributed by atoms with Crippen LogP contribution in [0.1, 0.15) is 32.0 Å². The first-order chi connectivity index (χ1) is 15.3. The van der Waals surface area contributed by atoms with Gasteiger partial charge in [0, 0.05) is 5.02 Å². The summed E-state index contributed by atoms with van der Waals surface area (Å²) in [6, 6.07) is 13.6. The number of nitrogens with zero attached hydrogens (tertiary/aromatic N) is 3. The number of Topliss-reactive ketones (excluding diaryl/α,β-unsaturated/α-hetero) is 1. The molecule has 1 unspecified atom stereocenters. The van der Waals surface area contributed by atoms with Gasteiger partial charge < -0.3 is 5.11 Å². The number of carbonyl (C=O) groups excluding carboxylic acids is 2. The van der Waals surface area contributed by atoms with Crippen molar-refractivity contribution in [2.45, 2.75) is 19.9 Å². The van der Waals surface area contributed by atoms with E-state index in [1.807, 2.05) is 37.3 Å². The molecular weight excluding hydrogens is 466 g/mol. The zero-order valence-electron chi connectivity index (χ0n) is 17.0. The van der Waals surface area contributed by atoms with E-state index in [2.05, 4.69) is 9.97 Å². The minimum absolute atomic E-state index is 0.0326. The van der Waals surface area contributed by atoms with Crippen molar-refractivity contribution in [3.8, 4) is 0 Å². The Morgan fingerprint density at radius 1 is 1.09 bits per heavy atom. The average Bonchev–Trinajstić information content (AvgIpc) is 3.41. The number of hydrogen-bond donors (Lipinski definition) is 1. The summed E-state index contributed by atoms with van der Waals surface area (Å²) in [6.45, 7) is 3.56. The van der Waals surface area contributed by atoms with Gasteiger partial charge in [-0.1, -0.05) is 53.3 Å². The molecule has 1 aliphatic rings. The number of hydrogen-bond acceptors (Lipinski definition) is 7. The Kier molecular flexibility index (Phi) is 5.08. The molecule has 0 saturated carbocycles. The average molecular weight is 482 g/mol. The fourth-order valence-electron chi connectivity index (χ4n) is 3.84. The molecule has 6 nitrogen and oxygen atoms in total. The Balaban J connectivity index is 1.68. The zero-order valence-corrected chi connectivity index (χ0v) is 19.4. The molecule has 2 aromatic carbocycles. The van der Waals surface area contributed by atoms with Crippen molar-refractivity contribution in [1.29, 1.82) is 0 Å². The molecule has 0 bridgehead atoms. The van der Waals surface area contributed by atoms with Crippen molar-refractivity contribution in [2.24, 2.45) is 0 Å². The summed E-state index contributed by atoms with van der Waals surface area (Å²) in [6.07, 6.45) is 0. The van der Waals surface area contributed by atoms with E-state index in [1.165, 1.54) is 27.6 Å². The van der Waals surface area contributed by atoms with Crippen LogP contribution in [0.5, 0.6) is 0 Å². The number of carbonyl (C=O) groups is 2. The van der Waals surface area contributed by atoms with Crippen LogP contribution in [0, 0.1) is 13.8 Å². The monoisotopic (exact) mass is 481 g/mol. The molecule has 4 aromatic rings. The van der Waals surface area contributed by atoms with E-state index in [0.717, 1.165) is 9.71 Å². The minimum atomic E-state index is -0.811. The molecular formula is C23H16ClN3O3S2. The minimum Gasteiger partial charge on any atom is -0.503 e. The molecule has 0 saturated heterocycles. The highest BCUT2D eigenvalue weighted by Crippen LogP contribution is 2.44. The van der Waals surface area contributed by atoms with Crippen molar-refractivity contribution in [1.82, 2.24) is 9.97 Å². The van der Waals surface area contributed by atoms with Gasteiger partial charge in [-0.05, 0) is 37.6 Å². The van der Waals surface area contributed by atoms with Gasteiger partial charge in [0.2, 0.25) is 5.78 Å². The smallest absolute Gasteiger partial charge is 0.296 e. The molecule has 3 heterocycles. The lowest BCUT2D eigenvalue weighted by Gasteiger charge is -2.24. The maximum absolute atomic E-state index is 13.6. The SMILES string of the molecule is Cc1nc(C)c(C(=O)C2=C(O)C(=O)N(c3nc4ccc(Cl)cc4s3)C2c2ccccc2)s1. The molecule has 5 rings (SSSR count). The van der Waals surface area contributed by atoms with Gasteiger partial charge in [-0.15, -0.1) is 11.3 Å². The number of amides is 1. The second-order valence-electron chi connectivity index (χ2n) is 7.34. The van der Waals surface area contributed by atoms with Gasteiger partial charge >= 0.3 is 0 Å². The van der Waals surface area contributed by atoms with Gasteiger partial charge in [0.1, 0.15) is 0 Å². The van der Waals surface area contributed by atoms with Crippen LogP contribution in [0.25, 0.3) is 10.2 Å². The molecule has 1 aliphatic heterocycles. The topological polar surface area (TPSA) is 83.4 Å². The lowest BCUT2D eigenvalue weighted by atomic mass is 9.95. The molecule has 32 heavy (non-hydrogen) atoms. The highest BCUT2D eigenvalue weighted by Gasteiger charge is 2.46. The number of fused-ring (bicyclic) bond motifs is 1. The molecule has 1 atom stereocenters. The Morgan fingerprint density at radius 3 is 2.53 bits per heavy atom. The normalized spacial score (nSPS) is 16.4. The number of thiazole rings is 2. The van der Waals surface area contributed by atoms with Crippen LogP contribution in [0.3, 0.4) is 0 Å². The fourth-order valence-corrected chi connectivity index (χ4v) is 5.98. The molecule has 0 fully saturated rings. The summed E-state index contributed by atoms with van der Waals surface area (Å²) in [4.78, 5) is 37.5. The predicted octanol–water partition coefficient (Wildman–Crippen LogP) is 5.81. The van der Waals surface area contributed by atoms with Crippen molar-refractivity contribution >= 4 is 61.3 Å². The van der Waals surface area contributed by atoms with E-state index in [0.29, 0.717) is 31.8 Å². The summed E-state index contributed by atoms with van der Waals surface area (Å²) in [5.41, 5.74) is 1.99. The number of aryl methyl sites for hydroxylation is 2. The molecule has 9 heteroatoms.